The number of methoxy groups -OCH3 is 1. The van der Waals surface area contributed by atoms with Crippen LogP contribution < -0.4 is 26.0 Å². The summed E-state index contributed by atoms with van der Waals surface area (Å²) in [6.45, 7) is 16.8. The summed E-state index contributed by atoms with van der Waals surface area (Å²) in [6, 6.07) is 0.642. The summed E-state index contributed by atoms with van der Waals surface area (Å²) in [5, 5.41) is 23.2. The molecule has 0 bridgehead atoms. The van der Waals surface area contributed by atoms with Crippen molar-refractivity contribution in [1.82, 2.24) is 31.1 Å². The Labute approximate surface area is 374 Å². The van der Waals surface area contributed by atoms with E-state index in [1.54, 1.807) is 31.3 Å². The molecule has 5 N–H and O–H groups in total. The summed E-state index contributed by atoms with van der Waals surface area (Å²) in [6.07, 6.45) is -1.24. The highest BCUT2D eigenvalue weighted by atomic mass is 16.5. The fourth-order valence-electron chi connectivity index (χ4n) is 8.46. The van der Waals surface area contributed by atoms with Crippen molar-refractivity contribution in [2.75, 3.05) is 27.7 Å². The van der Waals surface area contributed by atoms with Crippen LogP contribution in [-0.4, -0.2) is 132 Å². The van der Waals surface area contributed by atoms with Gasteiger partial charge in [0.05, 0.1) is 25.3 Å². The highest BCUT2D eigenvalue weighted by Gasteiger charge is 2.44. The van der Waals surface area contributed by atoms with Crippen LogP contribution in [0.3, 0.4) is 0 Å². The number of Topliss-reactive ketones (excluding diaryl/α,β-unsaturated/α-hetero) is 1. The van der Waals surface area contributed by atoms with Crippen LogP contribution in [0.5, 0.6) is 5.75 Å². The zero-order chi connectivity index (χ0) is 47.3. The van der Waals surface area contributed by atoms with E-state index in [4.69, 9.17) is 9.47 Å². The number of carbonyl (C=O) groups is 7. The summed E-state index contributed by atoms with van der Waals surface area (Å²) < 4.78 is 11.4. The smallest absolute Gasteiger partial charge is 0.329 e. The molecule has 1 aromatic carbocycles. The maximum absolute atomic E-state index is 14.6. The van der Waals surface area contributed by atoms with Gasteiger partial charge in [-0.2, -0.15) is 0 Å². The Morgan fingerprint density at radius 3 is 2.14 bits per heavy atom. The first-order valence-electron chi connectivity index (χ1n) is 22.8. The first-order valence-corrected chi connectivity index (χ1v) is 22.8. The molecule has 2 saturated heterocycles. The van der Waals surface area contributed by atoms with Crippen molar-refractivity contribution in [2.24, 2.45) is 29.6 Å². The SMILES string of the molecule is CC[C@H](C)[C@H]1NC(=O)[C@@H](NC(=O)[C@@H](CC(C)C)NC)[C@@H](C)OC(=O)[C@H](Cc2ccc(OC)cc2)N(C)C(=O)[C@@H]2CCCN2C(=O)[C@H](CC(C)C)NC(=O)[C@H](C(C)C)CC(=O)C[C@@H]1O. The van der Waals surface area contributed by atoms with Gasteiger partial charge >= 0.3 is 5.97 Å². The number of rotatable bonds is 13. The zero-order valence-electron chi connectivity index (χ0n) is 39.7. The van der Waals surface area contributed by atoms with E-state index in [2.05, 4.69) is 21.3 Å². The van der Waals surface area contributed by atoms with E-state index in [1.165, 1.54) is 30.9 Å². The van der Waals surface area contributed by atoms with E-state index < -0.39 is 95.7 Å². The van der Waals surface area contributed by atoms with E-state index in [0.29, 0.717) is 37.0 Å². The van der Waals surface area contributed by atoms with Crippen molar-refractivity contribution in [1.29, 1.82) is 0 Å². The molecule has 10 atom stereocenters. The number of hydrogen-bond donors (Lipinski definition) is 5. The second-order valence-corrected chi connectivity index (χ2v) is 18.8. The number of likely N-dealkylation sites (N-methyl/N-ethyl adjacent to an activating group) is 2. The van der Waals surface area contributed by atoms with Gasteiger partial charge in [0.2, 0.25) is 29.5 Å². The van der Waals surface area contributed by atoms with Gasteiger partial charge in [-0.15, -0.1) is 0 Å². The van der Waals surface area contributed by atoms with Gasteiger partial charge in [0, 0.05) is 38.8 Å². The minimum Gasteiger partial charge on any atom is -0.497 e. The fraction of sp³-hybridized carbons (Fsp3) is 0.723. The minimum absolute atomic E-state index is 0.00315. The Bertz CT molecular complexity index is 1720. The van der Waals surface area contributed by atoms with Gasteiger partial charge in [0.1, 0.15) is 41.8 Å². The van der Waals surface area contributed by atoms with Gasteiger partial charge in [0.25, 0.3) is 0 Å². The third-order valence-electron chi connectivity index (χ3n) is 12.5. The standard InChI is InChI=1S/C47H76N6O10/c1-13-29(8)40-39(55)25-32(54)24-34(28(6)7)42(56)49-36(22-27(4)5)45(59)53-20-14-15-37(53)46(60)52(11)38(23-31-16-18-33(62-12)19-17-31)47(61)63-30(9)41(44(58)50-40)51-43(57)35(48-10)21-26(2)3/h16-19,26-30,34-41,48,55H,13-15,20-25H2,1-12H3,(H,49,56)(H,50,58)(H,51,57)/t29-,30+,34-,35+,36-,37-,38-,39-,40+,41-/m0/s1. The summed E-state index contributed by atoms with van der Waals surface area (Å²) in [7, 11) is 4.64. The van der Waals surface area contributed by atoms with E-state index >= 15 is 0 Å². The van der Waals surface area contributed by atoms with Crippen LogP contribution in [-0.2, 0) is 44.7 Å². The number of cyclic esters (lactones) is 1. The number of esters is 1. The first-order chi connectivity index (χ1) is 29.6. The topological polar surface area (TPSA) is 213 Å². The lowest BCUT2D eigenvalue weighted by Crippen LogP contribution is -2.61. The molecule has 0 spiro atoms. The molecule has 0 saturated carbocycles. The van der Waals surface area contributed by atoms with E-state index in [-0.39, 0.29) is 55.9 Å². The fourth-order valence-corrected chi connectivity index (χ4v) is 8.46. The molecule has 0 aliphatic carbocycles. The molecule has 3 rings (SSSR count). The number of nitrogens with one attached hydrogen (secondary N) is 4. The Morgan fingerprint density at radius 2 is 1.59 bits per heavy atom. The van der Waals surface area contributed by atoms with Crippen molar-refractivity contribution in [3.63, 3.8) is 0 Å². The number of ketones is 1. The molecular formula is C47H76N6O10. The van der Waals surface area contributed by atoms with Crippen molar-refractivity contribution in [3.8, 4) is 5.75 Å². The van der Waals surface area contributed by atoms with E-state index in [0.717, 1.165) is 0 Å². The largest absolute Gasteiger partial charge is 0.497 e. The van der Waals surface area contributed by atoms with Crippen LogP contribution in [0.2, 0.25) is 0 Å². The van der Waals surface area contributed by atoms with Gasteiger partial charge in [-0.25, -0.2) is 4.79 Å². The molecule has 354 valence electrons. The monoisotopic (exact) mass is 885 g/mol. The zero-order valence-corrected chi connectivity index (χ0v) is 39.7. The Hall–Kier alpha value is -4.57. The third-order valence-corrected chi connectivity index (χ3v) is 12.5. The number of benzene rings is 1. The second kappa shape index (κ2) is 24.5. The average Bonchev–Trinajstić information content (AvgIpc) is 3.72. The Kier molecular flexibility index (Phi) is 20.5. The molecule has 0 radical (unpaired) electrons. The van der Waals surface area contributed by atoms with Gasteiger partial charge < -0.3 is 45.6 Å². The molecule has 16 nitrogen and oxygen atoms in total. The summed E-state index contributed by atoms with van der Waals surface area (Å²) in [4.78, 5) is 102. The maximum Gasteiger partial charge on any atom is 0.329 e. The van der Waals surface area contributed by atoms with Crippen LogP contribution >= 0.6 is 0 Å². The number of aliphatic hydroxyl groups is 1. The molecule has 16 heteroatoms. The first kappa shape index (κ1) is 52.8. The molecule has 1 aromatic rings. The number of nitrogens with zero attached hydrogens (tertiary/aromatic N) is 2. The van der Waals surface area contributed by atoms with E-state index in [1.807, 2.05) is 55.4 Å². The Morgan fingerprint density at radius 1 is 0.937 bits per heavy atom. The predicted octanol–water partition coefficient (Wildman–Crippen LogP) is 3.16. The van der Waals surface area contributed by atoms with Gasteiger partial charge in [-0.05, 0) is 81.0 Å². The molecular weight excluding hydrogens is 809 g/mol. The van der Waals surface area contributed by atoms with Crippen molar-refractivity contribution < 1.29 is 48.1 Å². The van der Waals surface area contributed by atoms with Crippen LogP contribution in [0, 0.1) is 29.6 Å². The number of carbonyl (C=O) groups excluding carboxylic acids is 7. The van der Waals surface area contributed by atoms with Gasteiger partial charge in [0.15, 0.2) is 0 Å². The van der Waals surface area contributed by atoms with Crippen LogP contribution in [0.1, 0.15) is 113 Å². The quantitative estimate of drug-likeness (QED) is 0.182. The number of ether oxygens (including phenoxy) is 2. The Balaban J connectivity index is 2.21. The molecule has 0 aromatic heterocycles. The summed E-state index contributed by atoms with van der Waals surface area (Å²) in [5.41, 5.74) is 0.669. The molecule has 2 fully saturated rings. The number of aliphatic hydroxyl groups excluding tert-OH is 1. The predicted molar refractivity (Wildman–Crippen MR) is 239 cm³/mol. The molecule has 0 unspecified atom stereocenters. The third kappa shape index (κ3) is 14.7. The molecule has 63 heavy (non-hydrogen) atoms. The van der Waals surface area contributed by atoms with Gasteiger partial charge in [-0.1, -0.05) is 73.9 Å². The normalized spacial score (nSPS) is 27.4. The lowest BCUT2D eigenvalue weighted by molar-refractivity contribution is -0.162. The van der Waals surface area contributed by atoms with Crippen LogP contribution in [0.15, 0.2) is 24.3 Å². The average molecular weight is 885 g/mol. The number of fused-ring (bicyclic) bond motifs is 1. The molecule has 2 heterocycles. The number of amides is 5. The minimum atomic E-state index is -1.47. The maximum atomic E-state index is 14.6. The summed E-state index contributed by atoms with van der Waals surface area (Å²) >= 11 is 0. The molecule has 2 aliphatic rings. The van der Waals surface area contributed by atoms with Crippen LogP contribution in [0.4, 0.5) is 0 Å². The summed E-state index contributed by atoms with van der Waals surface area (Å²) in [5.74, 6) is -4.80. The lowest BCUT2D eigenvalue weighted by Gasteiger charge is -2.35. The van der Waals surface area contributed by atoms with E-state index in [9.17, 15) is 38.7 Å². The molecule has 2 aliphatic heterocycles. The second-order valence-electron chi connectivity index (χ2n) is 18.8. The highest BCUT2D eigenvalue weighted by Crippen LogP contribution is 2.26. The van der Waals surface area contributed by atoms with Crippen molar-refractivity contribution in [2.45, 2.75) is 162 Å². The number of hydrogen-bond acceptors (Lipinski definition) is 11. The lowest BCUT2D eigenvalue weighted by atomic mass is 9.85. The van der Waals surface area contributed by atoms with Crippen LogP contribution in [0.25, 0.3) is 0 Å². The van der Waals surface area contributed by atoms with Gasteiger partial charge in [-0.3, -0.25) is 28.8 Å². The molecule has 5 amide bonds. The highest BCUT2D eigenvalue weighted by molar-refractivity contribution is 5.95. The van der Waals surface area contributed by atoms with Crippen molar-refractivity contribution >= 4 is 41.3 Å². The van der Waals surface area contributed by atoms with Crippen molar-refractivity contribution in [3.05, 3.63) is 29.8 Å².